The molecule has 0 amide bonds. The fraction of sp³-hybridized carbons (Fsp3) is 0.444. The van der Waals surface area contributed by atoms with Crippen LogP contribution in [0.3, 0.4) is 0 Å². The third kappa shape index (κ3) is 4.69. The number of sulfonamides is 1. The fourth-order valence-electron chi connectivity index (χ4n) is 2.91. The number of anilines is 2. The highest BCUT2D eigenvalue weighted by Gasteiger charge is 2.12. The maximum absolute atomic E-state index is 11.6. The zero-order chi connectivity index (χ0) is 17.7. The zero-order valence-electron chi connectivity index (χ0n) is 14.5. The molecule has 0 saturated carbocycles. The molecule has 1 aliphatic rings. The minimum absolute atomic E-state index is 0.0538. The van der Waals surface area contributed by atoms with Gasteiger partial charge < -0.3 is 4.90 Å². The van der Waals surface area contributed by atoms with Crippen molar-refractivity contribution in [1.82, 2.24) is 10.2 Å². The Balaban J connectivity index is 1.71. The van der Waals surface area contributed by atoms with Crippen LogP contribution in [0.4, 0.5) is 11.5 Å². The SMILES string of the molecule is CCS(=O)(=O)Nc1ccc(-c2ccc(N3CCCCCC3)nn2)cc1. The topological polar surface area (TPSA) is 75.2 Å². The monoisotopic (exact) mass is 360 g/mol. The Morgan fingerprint density at radius 3 is 2.20 bits per heavy atom. The summed E-state index contributed by atoms with van der Waals surface area (Å²) in [6.07, 6.45) is 4.99. The summed E-state index contributed by atoms with van der Waals surface area (Å²) in [4.78, 5) is 2.30. The Kier molecular flexibility index (Phi) is 5.53. The van der Waals surface area contributed by atoms with Gasteiger partial charge in [0, 0.05) is 24.3 Å². The van der Waals surface area contributed by atoms with E-state index in [0.29, 0.717) is 5.69 Å². The maximum atomic E-state index is 11.6. The van der Waals surface area contributed by atoms with E-state index >= 15 is 0 Å². The Hall–Kier alpha value is -2.15. The van der Waals surface area contributed by atoms with Gasteiger partial charge in [0.05, 0.1) is 11.4 Å². The van der Waals surface area contributed by atoms with Crippen molar-refractivity contribution < 1.29 is 8.42 Å². The number of hydrogen-bond donors (Lipinski definition) is 1. The molecule has 0 atom stereocenters. The first-order chi connectivity index (χ1) is 12.1. The standard InChI is InChI=1S/C18H24N4O2S/c1-2-25(23,24)21-16-9-7-15(8-10-16)17-11-12-18(20-19-17)22-13-5-3-4-6-14-22/h7-12,21H,2-6,13-14H2,1H3. The first-order valence-electron chi connectivity index (χ1n) is 8.77. The van der Waals surface area contributed by atoms with Gasteiger partial charge in [-0.15, -0.1) is 10.2 Å². The number of nitrogens with one attached hydrogen (secondary N) is 1. The first kappa shape index (κ1) is 17.7. The first-order valence-corrected chi connectivity index (χ1v) is 10.4. The highest BCUT2D eigenvalue weighted by molar-refractivity contribution is 7.92. The van der Waals surface area contributed by atoms with Gasteiger partial charge >= 0.3 is 0 Å². The molecule has 2 aromatic rings. The smallest absolute Gasteiger partial charge is 0.232 e. The van der Waals surface area contributed by atoms with Gasteiger partial charge in [-0.2, -0.15) is 0 Å². The van der Waals surface area contributed by atoms with Crippen LogP contribution in [0.15, 0.2) is 36.4 Å². The molecular formula is C18H24N4O2S. The van der Waals surface area contributed by atoms with Crippen molar-refractivity contribution in [1.29, 1.82) is 0 Å². The highest BCUT2D eigenvalue weighted by atomic mass is 32.2. The predicted molar refractivity (Wildman–Crippen MR) is 101 cm³/mol. The summed E-state index contributed by atoms with van der Waals surface area (Å²) in [5, 5.41) is 8.72. The molecule has 1 saturated heterocycles. The van der Waals surface area contributed by atoms with Gasteiger partial charge in [-0.3, -0.25) is 4.72 Å². The van der Waals surface area contributed by atoms with E-state index in [1.165, 1.54) is 25.7 Å². The lowest BCUT2D eigenvalue weighted by Gasteiger charge is -2.20. The summed E-state index contributed by atoms with van der Waals surface area (Å²) < 4.78 is 25.7. The van der Waals surface area contributed by atoms with Crippen molar-refractivity contribution in [3.8, 4) is 11.3 Å². The lowest BCUT2D eigenvalue weighted by Crippen LogP contribution is -2.25. The summed E-state index contributed by atoms with van der Waals surface area (Å²) >= 11 is 0. The van der Waals surface area contributed by atoms with Gasteiger partial charge in [-0.1, -0.05) is 25.0 Å². The average molecular weight is 360 g/mol. The summed E-state index contributed by atoms with van der Waals surface area (Å²) in [7, 11) is -3.25. The van der Waals surface area contributed by atoms with Crippen LogP contribution in [-0.2, 0) is 10.0 Å². The van der Waals surface area contributed by atoms with Crippen molar-refractivity contribution in [3.05, 3.63) is 36.4 Å². The molecule has 1 aromatic carbocycles. The molecule has 0 aliphatic carbocycles. The van der Waals surface area contributed by atoms with E-state index in [2.05, 4.69) is 19.8 Å². The van der Waals surface area contributed by atoms with E-state index in [9.17, 15) is 8.42 Å². The Labute approximate surface area is 149 Å². The fourth-order valence-corrected chi connectivity index (χ4v) is 3.55. The number of aromatic nitrogens is 2. The molecule has 7 heteroatoms. The van der Waals surface area contributed by atoms with Crippen LogP contribution >= 0.6 is 0 Å². The quantitative estimate of drug-likeness (QED) is 0.885. The molecule has 1 fully saturated rings. The summed E-state index contributed by atoms with van der Waals surface area (Å²) in [6.45, 7) is 3.69. The van der Waals surface area contributed by atoms with Crippen LogP contribution in [0.25, 0.3) is 11.3 Å². The van der Waals surface area contributed by atoms with Crippen molar-refractivity contribution in [2.75, 3.05) is 28.5 Å². The van der Waals surface area contributed by atoms with E-state index in [1.807, 2.05) is 24.3 Å². The Morgan fingerprint density at radius 2 is 1.64 bits per heavy atom. The van der Waals surface area contributed by atoms with Crippen LogP contribution in [0.1, 0.15) is 32.6 Å². The van der Waals surface area contributed by atoms with E-state index < -0.39 is 10.0 Å². The van der Waals surface area contributed by atoms with Crippen LogP contribution in [0, 0.1) is 0 Å². The second kappa shape index (κ2) is 7.82. The third-order valence-corrected chi connectivity index (χ3v) is 5.72. The minimum Gasteiger partial charge on any atom is -0.355 e. The van der Waals surface area contributed by atoms with Gasteiger partial charge in [0.15, 0.2) is 5.82 Å². The predicted octanol–water partition coefficient (Wildman–Crippen LogP) is 3.29. The van der Waals surface area contributed by atoms with Gasteiger partial charge in [0.2, 0.25) is 10.0 Å². The van der Waals surface area contributed by atoms with Crippen molar-refractivity contribution in [2.45, 2.75) is 32.6 Å². The second-order valence-electron chi connectivity index (χ2n) is 6.26. The zero-order valence-corrected chi connectivity index (χ0v) is 15.3. The van der Waals surface area contributed by atoms with Crippen LogP contribution in [0.2, 0.25) is 0 Å². The molecule has 0 unspecified atom stereocenters. The van der Waals surface area contributed by atoms with Gasteiger partial charge in [-0.25, -0.2) is 8.42 Å². The van der Waals surface area contributed by atoms with Crippen molar-refractivity contribution >= 4 is 21.5 Å². The molecule has 1 N–H and O–H groups in total. The molecule has 6 nitrogen and oxygen atoms in total. The van der Waals surface area contributed by atoms with Gasteiger partial charge in [0.25, 0.3) is 0 Å². The number of rotatable bonds is 5. The van der Waals surface area contributed by atoms with Crippen LogP contribution in [-0.4, -0.2) is 37.5 Å². The average Bonchev–Trinajstić information content (AvgIpc) is 2.92. The third-order valence-electron chi connectivity index (χ3n) is 4.41. The molecule has 3 rings (SSSR count). The number of nitrogens with zero attached hydrogens (tertiary/aromatic N) is 3. The Morgan fingerprint density at radius 1 is 0.960 bits per heavy atom. The molecule has 0 spiro atoms. The molecule has 1 aliphatic heterocycles. The lowest BCUT2D eigenvalue weighted by molar-refractivity contribution is 0.602. The van der Waals surface area contributed by atoms with E-state index in [1.54, 1.807) is 19.1 Å². The number of hydrogen-bond acceptors (Lipinski definition) is 5. The molecule has 134 valence electrons. The van der Waals surface area contributed by atoms with Crippen LogP contribution in [0.5, 0.6) is 0 Å². The van der Waals surface area contributed by atoms with Crippen LogP contribution < -0.4 is 9.62 Å². The van der Waals surface area contributed by atoms with E-state index in [0.717, 1.165) is 30.2 Å². The maximum Gasteiger partial charge on any atom is 0.232 e. The highest BCUT2D eigenvalue weighted by Crippen LogP contribution is 2.22. The Bertz CT molecular complexity index is 781. The molecule has 25 heavy (non-hydrogen) atoms. The summed E-state index contributed by atoms with van der Waals surface area (Å²) in [6, 6.07) is 11.2. The molecular weight excluding hydrogens is 336 g/mol. The molecule has 1 aromatic heterocycles. The minimum atomic E-state index is -3.25. The largest absolute Gasteiger partial charge is 0.355 e. The lowest BCUT2D eigenvalue weighted by atomic mass is 10.1. The second-order valence-corrected chi connectivity index (χ2v) is 8.27. The van der Waals surface area contributed by atoms with Crippen molar-refractivity contribution in [2.24, 2.45) is 0 Å². The molecule has 0 bridgehead atoms. The molecule has 2 heterocycles. The van der Waals surface area contributed by atoms with Gasteiger partial charge in [0.1, 0.15) is 0 Å². The molecule has 0 radical (unpaired) electrons. The van der Waals surface area contributed by atoms with Gasteiger partial charge in [-0.05, 0) is 44.0 Å². The van der Waals surface area contributed by atoms with E-state index in [4.69, 9.17) is 0 Å². The normalized spacial score (nSPS) is 15.6. The summed E-state index contributed by atoms with van der Waals surface area (Å²) in [5.41, 5.74) is 2.25. The van der Waals surface area contributed by atoms with E-state index in [-0.39, 0.29) is 5.75 Å². The summed E-state index contributed by atoms with van der Waals surface area (Å²) in [5.74, 6) is 0.982. The number of benzene rings is 1. The van der Waals surface area contributed by atoms with Crippen molar-refractivity contribution in [3.63, 3.8) is 0 Å².